The third-order valence-corrected chi connectivity index (χ3v) is 8.74. The molecule has 0 saturated carbocycles. The minimum atomic E-state index is -4.67. The molecule has 1 unspecified atom stereocenters. The molecule has 236 valence electrons. The van der Waals surface area contributed by atoms with Crippen molar-refractivity contribution >= 4 is 17.9 Å². The summed E-state index contributed by atoms with van der Waals surface area (Å²) in [5.41, 5.74) is 2.31. The van der Waals surface area contributed by atoms with Gasteiger partial charge in [0.15, 0.2) is 0 Å². The number of carbonyl (C=O) groups is 1. The van der Waals surface area contributed by atoms with E-state index in [1.807, 2.05) is 30.1 Å². The Hall–Kier alpha value is -4.00. The Kier molecular flexibility index (Phi) is 7.42. The van der Waals surface area contributed by atoms with Crippen LogP contribution >= 0.6 is 0 Å². The van der Waals surface area contributed by atoms with Crippen molar-refractivity contribution in [3.05, 3.63) is 69.9 Å². The predicted molar refractivity (Wildman–Crippen MR) is 158 cm³/mol. The van der Waals surface area contributed by atoms with Crippen molar-refractivity contribution < 1.29 is 27.4 Å². The van der Waals surface area contributed by atoms with Gasteiger partial charge in [0.2, 0.25) is 0 Å². The van der Waals surface area contributed by atoms with Crippen molar-refractivity contribution in [2.24, 2.45) is 5.10 Å². The molecule has 2 saturated heterocycles. The van der Waals surface area contributed by atoms with Crippen LogP contribution in [0.1, 0.15) is 62.6 Å². The van der Waals surface area contributed by atoms with Gasteiger partial charge >= 0.3 is 18.0 Å². The molecule has 0 radical (unpaired) electrons. The van der Waals surface area contributed by atoms with Gasteiger partial charge in [-0.05, 0) is 68.9 Å². The molecule has 1 atom stereocenters. The number of halogens is 3. The monoisotopic (exact) mass is 614 g/mol. The van der Waals surface area contributed by atoms with E-state index in [1.165, 1.54) is 17.0 Å². The first-order valence-electron chi connectivity index (χ1n) is 14.8. The third-order valence-electron chi connectivity index (χ3n) is 8.74. The maximum Gasteiger partial charge on any atom is 0.418 e. The second-order valence-electron chi connectivity index (χ2n) is 13.0. The van der Waals surface area contributed by atoms with Crippen LogP contribution in [0.5, 0.6) is 0 Å². The quantitative estimate of drug-likeness (QED) is 0.449. The molecule has 3 aliphatic heterocycles. The fraction of sp³-hybridized carbons (Fsp3) is 0.516. The van der Waals surface area contributed by atoms with E-state index in [0.717, 1.165) is 16.0 Å². The van der Waals surface area contributed by atoms with Crippen molar-refractivity contribution in [2.45, 2.75) is 69.3 Å². The first kappa shape index (κ1) is 30.0. The second-order valence-corrected chi connectivity index (χ2v) is 13.0. The number of fused-ring (bicyclic) bond motifs is 1. The molecule has 3 aromatic rings. The lowest BCUT2D eigenvalue weighted by molar-refractivity contribution is -0.136. The van der Waals surface area contributed by atoms with Gasteiger partial charge in [-0.1, -0.05) is 12.1 Å². The molecule has 1 aromatic carbocycles. The topological polar surface area (TPSA) is 92.8 Å². The summed E-state index contributed by atoms with van der Waals surface area (Å²) in [6.07, 6.45) is 0.992. The van der Waals surface area contributed by atoms with Crippen LogP contribution in [0.15, 0.2) is 52.6 Å². The number of imidazole rings is 1. The van der Waals surface area contributed by atoms with Gasteiger partial charge in [-0.2, -0.15) is 18.3 Å². The van der Waals surface area contributed by atoms with Crippen LogP contribution in [0.3, 0.4) is 0 Å². The van der Waals surface area contributed by atoms with Gasteiger partial charge in [-0.3, -0.25) is 14.4 Å². The molecule has 44 heavy (non-hydrogen) atoms. The molecule has 3 aliphatic rings. The average Bonchev–Trinajstić information content (AvgIpc) is 3.50. The summed E-state index contributed by atoms with van der Waals surface area (Å²) in [5, 5.41) is 4.12. The Morgan fingerprint density at radius 2 is 1.86 bits per heavy atom. The Morgan fingerprint density at radius 3 is 2.45 bits per heavy atom. The maximum atomic E-state index is 14.4. The van der Waals surface area contributed by atoms with Crippen LogP contribution in [0.2, 0.25) is 0 Å². The number of benzene rings is 1. The van der Waals surface area contributed by atoms with Crippen LogP contribution in [0.4, 0.5) is 18.0 Å². The highest BCUT2D eigenvalue weighted by Gasteiger charge is 2.44. The SMILES string of the molecule is CN1C=NNC1CC1(c2cccc(-n3cc4c(C(F)(F)F)cc(C5CCN(C(=O)OC(C)(C)C)CC5)cn4c3=O)c2)COC1. The number of alkyl halides is 3. The first-order valence-corrected chi connectivity index (χ1v) is 14.8. The summed E-state index contributed by atoms with van der Waals surface area (Å²) in [5.74, 6) is -0.248. The number of nitrogens with one attached hydrogen (secondary N) is 1. The van der Waals surface area contributed by atoms with Gasteiger partial charge in [0, 0.05) is 44.4 Å². The number of hydrogen-bond donors (Lipinski definition) is 1. The van der Waals surface area contributed by atoms with E-state index in [0.29, 0.717) is 56.8 Å². The number of hydrogen-bond acceptors (Lipinski definition) is 7. The van der Waals surface area contributed by atoms with Gasteiger partial charge < -0.3 is 19.3 Å². The van der Waals surface area contributed by atoms with Gasteiger partial charge in [0.05, 0.1) is 30.0 Å². The van der Waals surface area contributed by atoms with E-state index in [1.54, 1.807) is 38.1 Å². The smallest absolute Gasteiger partial charge is 0.418 e. The van der Waals surface area contributed by atoms with Crippen molar-refractivity contribution in [1.82, 2.24) is 24.2 Å². The Balaban J connectivity index is 1.31. The summed E-state index contributed by atoms with van der Waals surface area (Å²) in [6, 6.07) is 8.51. The van der Waals surface area contributed by atoms with Crippen molar-refractivity contribution in [1.29, 1.82) is 0 Å². The number of amides is 1. The standard InChI is InChI=1S/C31H37F3N6O4/c1-29(2,3)44-28(42)38-10-8-20(9-11-38)21-12-24(31(32,33)34)25-16-39(27(41)40(25)15-21)23-7-5-6-22(13-23)30(17-43-18-30)14-26-36-35-19-37(26)4/h5-7,12-13,15-16,19-20,26,36H,8-11,14,17-18H2,1-4H3. The molecule has 10 nitrogen and oxygen atoms in total. The van der Waals surface area contributed by atoms with Crippen LogP contribution in [-0.2, 0) is 21.1 Å². The lowest BCUT2D eigenvalue weighted by Crippen LogP contribution is -2.52. The molecule has 1 amide bonds. The van der Waals surface area contributed by atoms with Gasteiger partial charge in [-0.15, -0.1) is 0 Å². The van der Waals surface area contributed by atoms with E-state index in [-0.39, 0.29) is 23.0 Å². The normalized spacial score (nSPS) is 20.6. The zero-order valence-corrected chi connectivity index (χ0v) is 25.2. The average molecular weight is 615 g/mol. The lowest BCUT2D eigenvalue weighted by Gasteiger charge is -2.44. The zero-order chi connectivity index (χ0) is 31.4. The fourth-order valence-corrected chi connectivity index (χ4v) is 6.25. The van der Waals surface area contributed by atoms with Gasteiger partial charge in [-0.25, -0.2) is 9.59 Å². The molecule has 5 heterocycles. The minimum Gasteiger partial charge on any atom is -0.444 e. The Bertz CT molecular complexity index is 1640. The molecule has 0 spiro atoms. The molecule has 2 fully saturated rings. The summed E-state index contributed by atoms with van der Waals surface area (Å²) in [7, 11) is 1.93. The third kappa shape index (κ3) is 5.64. The van der Waals surface area contributed by atoms with Crippen molar-refractivity contribution in [3.63, 3.8) is 0 Å². The largest absolute Gasteiger partial charge is 0.444 e. The summed E-state index contributed by atoms with van der Waals surface area (Å²) in [6.45, 7) is 7.04. The summed E-state index contributed by atoms with van der Waals surface area (Å²) < 4.78 is 56.6. The van der Waals surface area contributed by atoms with Crippen LogP contribution in [0, 0.1) is 0 Å². The number of rotatable bonds is 5. The van der Waals surface area contributed by atoms with Crippen LogP contribution < -0.4 is 11.1 Å². The number of carbonyl (C=O) groups excluding carboxylic acids is 1. The molecule has 1 N–H and O–H groups in total. The van der Waals surface area contributed by atoms with Crippen molar-refractivity contribution in [3.8, 4) is 5.69 Å². The first-order chi connectivity index (χ1) is 20.7. The van der Waals surface area contributed by atoms with E-state index in [2.05, 4.69) is 10.5 Å². The number of piperidine rings is 1. The van der Waals surface area contributed by atoms with Gasteiger partial charge in [0.1, 0.15) is 18.1 Å². The number of likely N-dealkylation sites (tertiary alicyclic amines) is 1. The van der Waals surface area contributed by atoms with Crippen LogP contribution in [0.25, 0.3) is 11.2 Å². The highest BCUT2D eigenvalue weighted by Crippen LogP contribution is 2.39. The molecule has 6 rings (SSSR count). The Morgan fingerprint density at radius 1 is 1.14 bits per heavy atom. The van der Waals surface area contributed by atoms with Crippen molar-refractivity contribution in [2.75, 3.05) is 33.4 Å². The van der Waals surface area contributed by atoms with E-state index >= 15 is 0 Å². The predicted octanol–water partition coefficient (Wildman–Crippen LogP) is 4.69. The van der Waals surface area contributed by atoms with E-state index < -0.39 is 29.1 Å². The van der Waals surface area contributed by atoms with Crippen LogP contribution in [-0.4, -0.2) is 76.3 Å². The lowest BCUT2D eigenvalue weighted by atomic mass is 9.74. The fourth-order valence-electron chi connectivity index (χ4n) is 6.25. The number of nitrogens with zero attached hydrogens (tertiary/aromatic N) is 5. The van der Waals surface area contributed by atoms with Gasteiger partial charge in [0.25, 0.3) is 0 Å². The van der Waals surface area contributed by atoms with E-state index in [9.17, 15) is 22.8 Å². The summed E-state index contributed by atoms with van der Waals surface area (Å²) in [4.78, 5) is 29.8. The molecule has 0 aliphatic carbocycles. The molecule has 0 bridgehead atoms. The number of aromatic nitrogens is 2. The summed E-state index contributed by atoms with van der Waals surface area (Å²) >= 11 is 0. The highest BCUT2D eigenvalue weighted by atomic mass is 19.4. The minimum absolute atomic E-state index is 0.0221. The number of hydrazone groups is 1. The number of ether oxygens (including phenoxy) is 2. The molecular formula is C31H37F3N6O4. The molecule has 2 aromatic heterocycles. The Labute approximate surface area is 253 Å². The second kappa shape index (κ2) is 10.9. The highest BCUT2D eigenvalue weighted by molar-refractivity contribution is 5.68. The van der Waals surface area contributed by atoms with E-state index in [4.69, 9.17) is 9.47 Å². The zero-order valence-electron chi connectivity index (χ0n) is 25.2. The maximum absolute atomic E-state index is 14.4. The number of pyridine rings is 1. The molecule has 13 heteroatoms. The molecular weight excluding hydrogens is 577 g/mol.